The van der Waals surface area contributed by atoms with Gasteiger partial charge < -0.3 is 9.84 Å². The number of ether oxygens (including phenoxy) is 1. The fourth-order valence-corrected chi connectivity index (χ4v) is 2.62. The van der Waals surface area contributed by atoms with E-state index >= 15 is 0 Å². The maximum Gasteiger partial charge on any atom is 0.316 e. The summed E-state index contributed by atoms with van der Waals surface area (Å²) in [4.78, 5) is 12.4. The van der Waals surface area contributed by atoms with Crippen LogP contribution in [0.2, 0.25) is 0 Å². The van der Waals surface area contributed by atoms with E-state index in [1.165, 1.54) is 17.8 Å². The number of carbonyl (C=O) groups excluding carboxylic acids is 1. The van der Waals surface area contributed by atoms with E-state index in [-0.39, 0.29) is 17.5 Å². The van der Waals surface area contributed by atoms with Crippen LogP contribution in [0.15, 0.2) is 17.0 Å². The van der Waals surface area contributed by atoms with Gasteiger partial charge in [0, 0.05) is 4.90 Å². The highest BCUT2D eigenvalue weighted by Gasteiger charge is 2.18. The summed E-state index contributed by atoms with van der Waals surface area (Å²) in [6, 6.07) is 2.96. The zero-order chi connectivity index (χ0) is 15.5. The number of halogens is 1. The smallest absolute Gasteiger partial charge is 0.316 e. The molecule has 0 radical (unpaired) electrons. The van der Waals surface area contributed by atoms with Crippen LogP contribution < -0.4 is 0 Å². The molecule has 0 spiro atoms. The molecule has 0 bridgehead atoms. The molecule has 0 aliphatic rings. The molecule has 3 nitrogen and oxygen atoms in total. The highest BCUT2D eigenvalue weighted by molar-refractivity contribution is 8.00. The number of rotatable bonds is 4. The van der Waals surface area contributed by atoms with Gasteiger partial charge in [-0.2, -0.15) is 0 Å². The lowest BCUT2D eigenvalue weighted by atomic mass is 10.1. The Labute approximate surface area is 123 Å². The highest BCUT2D eigenvalue weighted by atomic mass is 32.2. The Kier molecular flexibility index (Phi) is 5.59. The number of aliphatic hydroxyl groups excluding tert-OH is 1. The van der Waals surface area contributed by atoms with Gasteiger partial charge >= 0.3 is 5.97 Å². The largest absolute Gasteiger partial charge is 0.459 e. The zero-order valence-electron chi connectivity index (χ0n) is 12.5. The highest BCUT2D eigenvalue weighted by Crippen LogP contribution is 2.30. The van der Waals surface area contributed by atoms with Crippen LogP contribution >= 0.6 is 11.8 Å². The molecule has 1 aromatic rings. The molecule has 1 rings (SSSR count). The summed E-state index contributed by atoms with van der Waals surface area (Å²) in [6.45, 7) is 8.64. The van der Waals surface area contributed by atoms with Crippen LogP contribution in [0.5, 0.6) is 0 Å². The van der Waals surface area contributed by atoms with Gasteiger partial charge in [0.25, 0.3) is 0 Å². The Morgan fingerprint density at radius 3 is 2.55 bits per heavy atom. The van der Waals surface area contributed by atoms with E-state index in [0.29, 0.717) is 16.0 Å². The fraction of sp³-hybridized carbons (Fsp3) is 0.533. The van der Waals surface area contributed by atoms with Crippen molar-refractivity contribution < 1.29 is 19.0 Å². The first-order chi connectivity index (χ1) is 9.10. The standard InChI is InChI=1S/C15H21FO3S/c1-9-6-13(11(10(2)17)7-12(9)16)20-8-14(18)19-15(3,4)5/h6-7,10,17H,8H2,1-5H3/t10-/m1/s1. The molecule has 1 N–H and O–H groups in total. The van der Waals surface area contributed by atoms with Crippen molar-refractivity contribution in [1.82, 2.24) is 0 Å². The van der Waals surface area contributed by atoms with Crippen LogP contribution in [0.1, 0.15) is 44.9 Å². The Morgan fingerprint density at radius 2 is 2.05 bits per heavy atom. The van der Waals surface area contributed by atoms with Crippen molar-refractivity contribution in [2.75, 3.05) is 5.75 Å². The van der Waals surface area contributed by atoms with E-state index in [9.17, 15) is 14.3 Å². The first kappa shape index (κ1) is 17.0. The number of carbonyl (C=O) groups is 1. The molecule has 0 saturated carbocycles. The summed E-state index contributed by atoms with van der Waals surface area (Å²) in [5.74, 6) is -0.564. The maximum atomic E-state index is 13.5. The fourth-order valence-electron chi connectivity index (χ4n) is 1.63. The molecule has 0 aliphatic carbocycles. The van der Waals surface area contributed by atoms with Gasteiger partial charge in [0.05, 0.1) is 11.9 Å². The number of benzene rings is 1. The molecule has 0 amide bonds. The maximum absolute atomic E-state index is 13.5. The molecule has 0 fully saturated rings. The molecular formula is C15H21FO3S. The van der Waals surface area contributed by atoms with Crippen molar-refractivity contribution in [3.05, 3.63) is 29.1 Å². The number of aryl methyl sites for hydroxylation is 1. The summed E-state index contributed by atoms with van der Waals surface area (Å²) in [7, 11) is 0. The average Bonchev–Trinajstić information content (AvgIpc) is 2.27. The Morgan fingerprint density at radius 1 is 1.45 bits per heavy atom. The first-order valence-corrected chi connectivity index (χ1v) is 7.41. The molecule has 0 aromatic heterocycles. The lowest BCUT2D eigenvalue weighted by Gasteiger charge is -2.19. The number of hydrogen-bond donors (Lipinski definition) is 1. The molecule has 0 heterocycles. The summed E-state index contributed by atoms with van der Waals surface area (Å²) in [5, 5.41) is 9.68. The van der Waals surface area contributed by atoms with E-state index in [1.54, 1.807) is 40.7 Å². The van der Waals surface area contributed by atoms with Crippen LogP contribution in [-0.4, -0.2) is 22.4 Å². The third-order valence-corrected chi connectivity index (χ3v) is 3.55. The molecule has 5 heteroatoms. The topological polar surface area (TPSA) is 46.5 Å². The van der Waals surface area contributed by atoms with Crippen molar-refractivity contribution in [3.63, 3.8) is 0 Å². The Hall–Kier alpha value is -1.07. The van der Waals surface area contributed by atoms with Crippen LogP contribution in [-0.2, 0) is 9.53 Å². The minimum absolute atomic E-state index is 0.127. The number of hydrogen-bond acceptors (Lipinski definition) is 4. The van der Waals surface area contributed by atoms with Crippen molar-refractivity contribution in [1.29, 1.82) is 0 Å². The first-order valence-electron chi connectivity index (χ1n) is 6.43. The molecule has 20 heavy (non-hydrogen) atoms. The van der Waals surface area contributed by atoms with Gasteiger partial charge in [0.15, 0.2) is 0 Å². The van der Waals surface area contributed by atoms with Gasteiger partial charge in [-0.3, -0.25) is 4.79 Å². The molecule has 0 aliphatic heterocycles. The van der Waals surface area contributed by atoms with Gasteiger partial charge in [-0.05, 0) is 57.9 Å². The van der Waals surface area contributed by atoms with Crippen LogP contribution in [0.4, 0.5) is 4.39 Å². The average molecular weight is 300 g/mol. The molecule has 1 atom stereocenters. The Balaban J connectivity index is 2.82. The van der Waals surface area contributed by atoms with Crippen molar-refractivity contribution in [3.8, 4) is 0 Å². The van der Waals surface area contributed by atoms with E-state index in [4.69, 9.17) is 4.74 Å². The van der Waals surface area contributed by atoms with Gasteiger partial charge in [0.2, 0.25) is 0 Å². The number of thioether (sulfide) groups is 1. The van der Waals surface area contributed by atoms with E-state index in [0.717, 1.165) is 0 Å². The molecule has 0 saturated heterocycles. The van der Waals surface area contributed by atoms with Crippen LogP contribution in [0.3, 0.4) is 0 Å². The second-order valence-corrected chi connectivity index (χ2v) is 6.71. The number of esters is 1. The predicted octanol–water partition coefficient (Wildman–Crippen LogP) is 3.62. The van der Waals surface area contributed by atoms with Crippen molar-refractivity contribution in [2.24, 2.45) is 0 Å². The summed E-state index contributed by atoms with van der Waals surface area (Å²) < 4.78 is 18.7. The predicted molar refractivity (Wildman–Crippen MR) is 78.3 cm³/mol. The second-order valence-electron chi connectivity index (χ2n) is 5.69. The summed E-state index contributed by atoms with van der Waals surface area (Å²) in [5.41, 5.74) is 0.450. The van der Waals surface area contributed by atoms with Crippen LogP contribution in [0, 0.1) is 12.7 Å². The normalized spacial score (nSPS) is 13.2. The lowest BCUT2D eigenvalue weighted by molar-refractivity contribution is -0.151. The van der Waals surface area contributed by atoms with E-state index < -0.39 is 11.7 Å². The lowest BCUT2D eigenvalue weighted by Crippen LogP contribution is -2.24. The third-order valence-electron chi connectivity index (χ3n) is 2.51. The van der Waals surface area contributed by atoms with Crippen molar-refractivity contribution in [2.45, 2.75) is 51.2 Å². The molecule has 112 valence electrons. The molecule has 0 unspecified atom stereocenters. The van der Waals surface area contributed by atoms with E-state index in [1.807, 2.05) is 0 Å². The monoisotopic (exact) mass is 300 g/mol. The van der Waals surface area contributed by atoms with E-state index in [2.05, 4.69) is 0 Å². The third kappa shape index (κ3) is 5.13. The SMILES string of the molecule is Cc1cc(SCC(=O)OC(C)(C)C)c([C@@H](C)O)cc1F. The van der Waals surface area contributed by atoms with Crippen molar-refractivity contribution >= 4 is 17.7 Å². The van der Waals surface area contributed by atoms with Gasteiger partial charge in [-0.1, -0.05) is 0 Å². The minimum Gasteiger partial charge on any atom is -0.459 e. The molecular weight excluding hydrogens is 279 g/mol. The number of aliphatic hydroxyl groups is 1. The summed E-state index contributed by atoms with van der Waals surface area (Å²) in [6.07, 6.45) is -0.786. The second kappa shape index (κ2) is 6.59. The summed E-state index contributed by atoms with van der Waals surface area (Å²) >= 11 is 1.25. The minimum atomic E-state index is -0.786. The van der Waals surface area contributed by atoms with Crippen LogP contribution in [0.25, 0.3) is 0 Å². The van der Waals surface area contributed by atoms with Gasteiger partial charge in [-0.15, -0.1) is 11.8 Å². The Bertz CT molecular complexity index is 493. The molecule has 1 aromatic carbocycles. The zero-order valence-corrected chi connectivity index (χ0v) is 13.3. The quantitative estimate of drug-likeness (QED) is 0.681. The van der Waals surface area contributed by atoms with Gasteiger partial charge in [-0.25, -0.2) is 4.39 Å². The van der Waals surface area contributed by atoms with Gasteiger partial charge in [0.1, 0.15) is 11.4 Å².